The molecule has 0 bridgehead atoms. The van der Waals surface area contributed by atoms with Crippen molar-refractivity contribution >= 4 is 22.6 Å². The first kappa shape index (κ1) is 20.5. The maximum absolute atomic E-state index is 13.2. The molecule has 0 saturated heterocycles. The van der Waals surface area contributed by atoms with Gasteiger partial charge in [0.25, 0.3) is 0 Å². The van der Waals surface area contributed by atoms with Crippen molar-refractivity contribution in [3.8, 4) is 0 Å². The lowest BCUT2D eigenvalue weighted by Crippen LogP contribution is -2.46. The summed E-state index contributed by atoms with van der Waals surface area (Å²) >= 11 is 0. The third kappa shape index (κ3) is 4.99. The lowest BCUT2D eigenvalue weighted by molar-refractivity contribution is -0.140. The van der Waals surface area contributed by atoms with E-state index in [2.05, 4.69) is 23.5 Å². The summed E-state index contributed by atoms with van der Waals surface area (Å²) in [7, 11) is 1.55. The first-order chi connectivity index (χ1) is 14.0. The molecule has 1 atom stereocenters. The van der Waals surface area contributed by atoms with Gasteiger partial charge in [0.15, 0.2) is 0 Å². The molecule has 0 aromatic heterocycles. The number of fused-ring (bicyclic) bond motifs is 1. The number of benzene rings is 3. The van der Waals surface area contributed by atoms with Crippen molar-refractivity contribution in [3.05, 3.63) is 83.7 Å². The smallest absolute Gasteiger partial charge is 0.242 e. The van der Waals surface area contributed by atoms with Gasteiger partial charge in [-0.05, 0) is 47.4 Å². The zero-order valence-electron chi connectivity index (χ0n) is 16.7. The molecule has 29 heavy (non-hydrogen) atoms. The van der Waals surface area contributed by atoms with Gasteiger partial charge in [0.1, 0.15) is 11.9 Å². The Hall–Kier alpha value is -3.21. The molecule has 0 spiro atoms. The maximum atomic E-state index is 13.2. The minimum atomic E-state index is -0.620. The maximum Gasteiger partial charge on any atom is 0.242 e. The molecule has 1 unspecified atom stereocenters. The number of carbonyl (C=O) groups is 2. The van der Waals surface area contributed by atoms with Gasteiger partial charge in [-0.1, -0.05) is 54.6 Å². The molecule has 4 nitrogen and oxygen atoms in total. The fourth-order valence-corrected chi connectivity index (χ4v) is 3.47. The van der Waals surface area contributed by atoms with Crippen molar-refractivity contribution in [1.82, 2.24) is 10.2 Å². The SMILES string of the molecule is CNC(=O)C(C)N(Cc1ccc(F)cc1)C(=O)CCc1cccc2ccccc12. The number of aryl methyl sites for hydroxylation is 1. The summed E-state index contributed by atoms with van der Waals surface area (Å²) in [6, 6.07) is 19.5. The minimum Gasteiger partial charge on any atom is -0.357 e. The van der Waals surface area contributed by atoms with Gasteiger partial charge in [-0.25, -0.2) is 4.39 Å². The second-order valence-electron chi connectivity index (χ2n) is 7.08. The highest BCUT2D eigenvalue weighted by Gasteiger charge is 2.25. The average molecular weight is 392 g/mol. The highest BCUT2D eigenvalue weighted by atomic mass is 19.1. The number of hydrogen-bond donors (Lipinski definition) is 1. The third-order valence-corrected chi connectivity index (χ3v) is 5.17. The Bertz CT molecular complexity index is 996. The van der Waals surface area contributed by atoms with Gasteiger partial charge in [0.2, 0.25) is 11.8 Å². The molecule has 3 aromatic rings. The van der Waals surface area contributed by atoms with Crippen LogP contribution in [0.2, 0.25) is 0 Å². The van der Waals surface area contributed by atoms with E-state index < -0.39 is 6.04 Å². The van der Waals surface area contributed by atoms with Crippen molar-refractivity contribution in [3.63, 3.8) is 0 Å². The van der Waals surface area contributed by atoms with Gasteiger partial charge in [-0.2, -0.15) is 0 Å². The van der Waals surface area contributed by atoms with Gasteiger partial charge >= 0.3 is 0 Å². The fourth-order valence-electron chi connectivity index (χ4n) is 3.47. The molecule has 1 N–H and O–H groups in total. The Morgan fingerprint density at radius 2 is 1.69 bits per heavy atom. The van der Waals surface area contributed by atoms with E-state index in [1.807, 2.05) is 24.3 Å². The van der Waals surface area contributed by atoms with Crippen LogP contribution < -0.4 is 5.32 Å². The van der Waals surface area contributed by atoms with Crippen molar-refractivity contribution in [1.29, 1.82) is 0 Å². The van der Waals surface area contributed by atoms with Crippen LogP contribution in [0.15, 0.2) is 66.7 Å². The first-order valence-electron chi connectivity index (χ1n) is 9.71. The molecule has 150 valence electrons. The fraction of sp³-hybridized carbons (Fsp3) is 0.250. The Balaban J connectivity index is 1.78. The second-order valence-corrected chi connectivity index (χ2v) is 7.08. The largest absolute Gasteiger partial charge is 0.357 e. The van der Waals surface area contributed by atoms with Crippen molar-refractivity contribution < 1.29 is 14.0 Å². The van der Waals surface area contributed by atoms with E-state index in [0.717, 1.165) is 21.9 Å². The van der Waals surface area contributed by atoms with E-state index in [4.69, 9.17) is 0 Å². The van der Waals surface area contributed by atoms with Gasteiger partial charge in [-0.15, -0.1) is 0 Å². The molecule has 5 heteroatoms. The Kier molecular flexibility index (Phi) is 6.60. The van der Waals surface area contributed by atoms with Crippen LogP contribution in [0.1, 0.15) is 24.5 Å². The molecular formula is C24H25FN2O2. The number of rotatable bonds is 7. The summed E-state index contributed by atoms with van der Waals surface area (Å²) in [5.41, 5.74) is 1.88. The summed E-state index contributed by atoms with van der Waals surface area (Å²) in [6.07, 6.45) is 0.872. The van der Waals surface area contributed by atoms with E-state index in [-0.39, 0.29) is 30.6 Å². The molecule has 0 saturated carbocycles. The van der Waals surface area contributed by atoms with E-state index >= 15 is 0 Å². The zero-order chi connectivity index (χ0) is 20.8. The molecule has 0 heterocycles. The predicted molar refractivity (Wildman–Crippen MR) is 113 cm³/mol. The summed E-state index contributed by atoms with van der Waals surface area (Å²) in [5.74, 6) is -0.675. The molecule has 2 amide bonds. The number of amides is 2. The standard InChI is InChI=1S/C24H25FN2O2/c1-17(24(29)26-2)27(16-18-10-13-21(25)14-11-18)23(28)15-12-20-8-5-7-19-6-3-4-9-22(19)20/h3-11,13-14,17H,12,15-16H2,1-2H3,(H,26,29). The summed E-state index contributed by atoms with van der Waals surface area (Å²) in [6.45, 7) is 1.96. The highest BCUT2D eigenvalue weighted by Crippen LogP contribution is 2.21. The van der Waals surface area contributed by atoms with E-state index in [1.165, 1.54) is 12.1 Å². The van der Waals surface area contributed by atoms with Gasteiger partial charge in [-0.3, -0.25) is 9.59 Å². The second kappa shape index (κ2) is 9.32. The number of halogens is 1. The van der Waals surface area contributed by atoms with Crippen LogP contribution in [0.3, 0.4) is 0 Å². The molecule has 0 radical (unpaired) electrons. The number of nitrogens with zero attached hydrogens (tertiary/aromatic N) is 1. The average Bonchev–Trinajstić information content (AvgIpc) is 2.76. The molecule has 0 aliphatic carbocycles. The van der Waals surface area contributed by atoms with Gasteiger partial charge in [0.05, 0.1) is 0 Å². The van der Waals surface area contributed by atoms with Crippen LogP contribution in [0, 0.1) is 5.82 Å². The third-order valence-electron chi connectivity index (χ3n) is 5.17. The lowest BCUT2D eigenvalue weighted by atomic mass is 10.0. The molecule has 0 aliphatic rings. The van der Waals surface area contributed by atoms with Crippen molar-refractivity contribution in [2.75, 3.05) is 7.05 Å². The van der Waals surface area contributed by atoms with Crippen LogP contribution in [0.5, 0.6) is 0 Å². The first-order valence-corrected chi connectivity index (χ1v) is 9.71. The zero-order valence-corrected chi connectivity index (χ0v) is 16.7. The van der Waals surface area contributed by atoms with Crippen molar-refractivity contribution in [2.45, 2.75) is 32.4 Å². The number of hydrogen-bond acceptors (Lipinski definition) is 2. The highest BCUT2D eigenvalue weighted by molar-refractivity contribution is 5.88. The van der Waals surface area contributed by atoms with Crippen LogP contribution in [0.25, 0.3) is 10.8 Å². The lowest BCUT2D eigenvalue weighted by Gasteiger charge is -2.28. The number of likely N-dealkylation sites (N-methyl/N-ethyl adjacent to an activating group) is 1. The molecule has 3 rings (SSSR count). The normalized spacial score (nSPS) is 11.8. The van der Waals surface area contributed by atoms with Gasteiger partial charge in [0, 0.05) is 20.0 Å². The van der Waals surface area contributed by atoms with Crippen molar-refractivity contribution in [2.24, 2.45) is 0 Å². The van der Waals surface area contributed by atoms with Gasteiger partial charge < -0.3 is 10.2 Å². The Labute approximate surface area is 170 Å². The van der Waals surface area contributed by atoms with Crippen LogP contribution in [-0.2, 0) is 22.6 Å². The topological polar surface area (TPSA) is 49.4 Å². The number of nitrogens with one attached hydrogen (secondary N) is 1. The molecule has 3 aromatic carbocycles. The van der Waals surface area contributed by atoms with Crippen LogP contribution in [-0.4, -0.2) is 29.8 Å². The number of carbonyl (C=O) groups excluding carboxylic acids is 2. The molecule has 0 aliphatic heterocycles. The van der Waals surface area contributed by atoms with Crippen LogP contribution in [0.4, 0.5) is 4.39 Å². The van der Waals surface area contributed by atoms with E-state index in [9.17, 15) is 14.0 Å². The quantitative estimate of drug-likeness (QED) is 0.659. The summed E-state index contributed by atoms with van der Waals surface area (Å²) in [4.78, 5) is 26.8. The molecule has 0 fully saturated rings. The van der Waals surface area contributed by atoms with E-state index in [1.54, 1.807) is 31.0 Å². The minimum absolute atomic E-state index is 0.113. The molecular weight excluding hydrogens is 367 g/mol. The summed E-state index contributed by atoms with van der Waals surface area (Å²) < 4.78 is 13.2. The monoisotopic (exact) mass is 392 g/mol. The Morgan fingerprint density at radius 1 is 1.00 bits per heavy atom. The Morgan fingerprint density at radius 3 is 2.41 bits per heavy atom. The van der Waals surface area contributed by atoms with E-state index in [0.29, 0.717) is 6.42 Å². The summed E-state index contributed by atoms with van der Waals surface area (Å²) in [5, 5.41) is 4.87. The predicted octanol–water partition coefficient (Wildman–Crippen LogP) is 4.07. The van der Waals surface area contributed by atoms with Crippen LogP contribution >= 0.6 is 0 Å².